The Morgan fingerprint density at radius 3 is 2.80 bits per heavy atom. The zero-order valence-corrected chi connectivity index (χ0v) is 11.6. The number of aromatic nitrogens is 4. The first-order valence-corrected chi connectivity index (χ1v) is 6.36. The summed E-state index contributed by atoms with van der Waals surface area (Å²) in [6.07, 6.45) is 1.75. The van der Waals surface area contributed by atoms with Crippen LogP contribution in [0.2, 0.25) is 0 Å². The molecule has 0 unspecified atom stereocenters. The van der Waals surface area contributed by atoms with Gasteiger partial charge in [0.05, 0.1) is 12.2 Å². The van der Waals surface area contributed by atoms with Crippen LogP contribution in [-0.4, -0.2) is 26.4 Å². The van der Waals surface area contributed by atoms with Gasteiger partial charge in [-0.05, 0) is 13.0 Å². The Hall–Kier alpha value is -2.19. The summed E-state index contributed by atoms with van der Waals surface area (Å²) in [5.41, 5.74) is 3.58. The van der Waals surface area contributed by atoms with Crippen LogP contribution in [0.4, 0.5) is 11.6 Å². The summed E-state index contributed by atoms with van der Waals surface area (Å²) in [7, 11) is 1.89. The fourth-order valence-electron chi connectivity index (χ4n) is 1.68. The molecule has 0 saturated heterocycles. The van der Waals surface area contributed by atoms with Crippen LogP contribution >= 0.6 is 0 Å². The van der Waals surface area contributed by atoms with Crippen molar-refractivity contribution in [2.45, 2.75) is 20.1 Å². The van der Waals surface area contributed by atoms with E-state index in [9.17, 15) is 0 Å². The van der Waals surface area contributed by atoms with Crippen LogP contribution < -0.4 is 16.6 Å². The zero-order valence-electron chi connectivity index (χ0n) is 11.6. The molecule has 8 heteroatoms. The van der Waals surface area contributed by atoms with Gasteiger partial charge in [-0.2, -0.15) is 5.10 Å². The SMILES string of the molecule is CCOCc1nc(NN)cc(NCc2ccnn2C)n1. The van der Waals surface area contributed by atoms with Gasteiger partial charge in [0.25, 0.3) is 0 Å². The maximum atomic E-state index is 5.41. The minimum atomic E-state index is 0.354. The van der Waals surface area contributed by atoms with Crippen LogP contribution in [0, 0.1) is 0 Å². The summed E-state index contributed by atoms with van der Waals surface area (Å²) in [5.74, 6) is 7.21. The van der Waals surface area contributed by atoms with Crippen LogP contribution in [0.5, 0.6) is 0 Å². The lowest BCUT2D eigenvalue weighted by Gasteiger charge is -2.10. The van der Waals surface area contributed by atoms with Crippen molar-refractivity contribution in [3.05, 3.63) is 29.8 Å². The molecule has 0 aliphatic heterocycles. The van der Waals surface area contributed by atoms with Crippen molar-refractivity contribution in [1.29, 1.82) is 0 Å². The third-order valence-corrected chi connectivity index (χ3v) is 2.73. The molecule has 0 aliphatic rings. The van der Waals surface area contributed by atoms with E-state index in [1.807, 2.05) is 20.0 Å². The van der Waals surface area contributed by atoms with Crippen LogP contribution in [0.1, 0.15) is 18.4 Å². The van der Waals surface area contributed by atoms with Crippen LogP contribution in [0.25, 0.3) is 0 Å². The Morgan fingerprint density at radius 2 is 2.15 bits per heavy atom. The second-order valence-electron chi connectivity index (χ2n) is 4.14. The van der Waals surface area contributed by atoms with Crippen molar-refractivity contribution < 1.29 is 4.74 Å². The van der Waals surface area contributed by atoms with Crippen LogP contribution in [0.3, 0.4) is 0 Å². The molecule has 0 aromatic carbocycles. The maximum Gasteiger partial charge on any atom is 0.158 e. The summed E-state index contributed by atoms with van der Waals surface area (Å²) in [6, 6.07) is 3.68. The summed E-state index contributed by atoms with van der Waals surface area (Å²) < 4.78 is 7.11. The van der Waals surface area contributed by atoms with E-state index in [0.717, 1.165) is 5.69 Å². The number of ether oxygens (including phenoxy) is 1. The number of aryl methyl sites for hydroxylation is 1. The predicted molar refractivity (Wildman–Crippen MR) is 75.7 cm³/mol. The number of hydrazine groups is 1. The molecular weight excluding hydrogens is 258 g/mol. The number of nitrogens with zero attached hydrogens (tertiary/aromatic N) is 4. The lowest BCUT2D eigenvalue weighted by atomic mass is 10.4. The first-order valence-electron chi connectivity index (χ1n) is 6.36. The Bertz CT molecular complexity index is 554. The van der Waals surface area contributed by atoms with Gasteiger partial charge in [0.15, 0.2) is 5.82 Å². The minimum Gasteiger partial charge on any atom is -0.374 e. The first-order chi connectivity index (χ1) is 9.72. The Balaban J connectivity index is 2.07. The topological polar surface area (TPSA) is 103 Å². The largest absolute Gasteiger partial charge is 0.374 e. The Kier molecular flexibility index (Phi) is 4.85. The molecule has 4 N–H and O–H groups in total. The third kappa shape index (κ3) is 3.65. The predicted octanol–water partition coefficient (Wildman–Crippen LogP) is 0.644. The van der Waals surface area contributed by atoms with Gasteiger partial charge < -0.3 is 15.5 Å². The average molecular weight is 277 g/mol. The lowest BCUT2D eigenvalue weighted by Crippen LogP contribution is -2.13. The van der Waals surface area contributed by atoms with Gasteiger partial charge in [-0.25, -0.2) is 15.8 Å². The first kappa shape index (κ1) is 14.2. The number of hydrogen-bond donors (Lipinski definition) is 3. The summed E-state index contributed by atoms with van der Waals surface area (Å²) in [6.45, 7) is 3.51. The fourth-order valence-corrected chi connectivity index (χ4v) is 1.68. The molecule has 8 nitrogen and oxygen atoms in total. The van der Waals surface area contributed by atoms with E-state index in [1.165, 1.54) is 0 Å². The van der Waals surface area contributed by atoms with E-state index in [2.05, 4.69) is 25.8 Å². The number of nitrogens with two attached hydrogens (primary N) is 1. The molecule has 0 amide bonds. The molecule has 0 fully saturated rings. The van der Waals surface area contributed by atoms with E-state index in [1.54, 1.807) is 16.9 Å². The highest BCUT2D eigenvalue weighted by Gasteiger charge is 2.05. The van der Waals surface area contributed by atoms with Gasteiger partial charge in [0.1, 0.15) is 18.2 Å². The molecule has 0 bridgehead atoms. The van der Waals surface area contributed by atoms with Gasteiger partial charge in [-0.3, -0.25) is 4.68 Å². The smallest absolute Gasteiger partial charge is 0.158 e. The molecule has 0 saturated carbocycles. The van der Waals surface area contributed by atoms with E-state index < -0.39 is 0 Å². The van der Waals surface area contributed by atoms with E-state index in [4.69, 9.17) is 10.6 Å². The normalized spacial score (nSPS) is 10.6. The quantitative estimate of drug-likeness (QED) is 0.504. The average Bonchev–Trinajstić information content (AvgIpc) is 2.88. The third-order valence-electron chi connectivity index (χ3n) is 2.73. The Morgan fingerprint density at radius 1 is 1.35 bits per heavy atom. The number of hydrogen-bond acceptors (Lipinski definition) is 7. The van der Waals surface area contributed by atoms with E-state index in [0.29, 0.717) is 37.2 Å². The molecule has 0 radical (unpaired) electrons. The van der Waals surface area contributed by atoms with Gasteiger partial charge in [-0.15, -0.1) is 0 Å². The number of rotatable bonds is 7. The van der Waals surface area contributed by atoms with Crippen molar-refractivity contribution in [3.63, 3.8) is 0 Å². The summed E-state index contributed by atoms with van der Waals surface area (Å²) in [4.78, 5) is 8.60. The molecule has 0 atom stereocenters. The zero-order chi connectivity index (χ0) is 14.4. The highest BCUT2D eigenvalue weighted by atomic mass is 16.5. The molecule has 0 spiro atoms. The highest BCUT2D eigenvalue weighted by Crippen LogP contribution is 2.12. The lowest BCUT2D eigenvalue weighted by molar-refractivity contribution is 0.128. The van der Waals surface area contributed by atoms with Crippen molar-refractivity contribution >= 4 is 11.6 Å². The van der Waals surface area contributed by atoms with Gasteiger partial charge in [0.2, 0.25) is 0 Å². The molecule has 2 aromatic heterocycles. The molecule has 2 aromatic rings. The van der Waals surface area contributed by atoms with Crippen molar-refractivity contribution in [2.75, 3.05) is 17.3 Å². The van der Waals surface area contributed by atoms with Gasteiger partial charge >= 0.3 is 0 Å². The highest BCUT2D eigenvalue weighted by molar-refractivity contribution is 5.46. The van der Waals surface area contributed by atoms with Crippen molar-refractivity contribution in [1.82, 2.24) is 19.7 Å². The second kappa shape index (κ2) is 6.83. The van der Waals surface area contributed by atoms with Crippen molar-refractivity contribution in [3.8, 4) is 0 Å². The number of anilines is 2. The van der Waals surface area contributed by atoms with Crippen LogP contribution in [-0.2, 0) is 24.9 Å². The molecule has 108 valence electrons. The van der Waals surface area contributed by atoms with Gasteiger partial charge in [0, 0.05) is 25.9 Å². The maximum absolute atomic E-state index is 5.41. The van der Waals surface area contributed by atoms with Crippen molar-refractivity contribution in [2.24, 2.45) is 12.9 Å². The monoisotopic (exact) mass is 277 g/mol. The summed E-state index contributed by atoms with van der Waals surface area (Å²) in [5, 5.41) is 7.33. The minimum absolute atomic E-state index is 0.354. The second-order valence-corrected chi connectivity index (χ2v) is 4.14. The van der Waals surface area contributed by atoms with E-state index in [-0.39, 0.29) is 0 Å². The number of nitrogens with one attached hydrogen (secondary N) is 2. The molecule has 20 heavy (non-hydrogen) atoms. The molecular formula is C12H19N7O. The number of nitrogen functional groups attached to an aromatic ring is 1. The fraction of sp³-hybridized carbons (Fsp3) is 0.417. The van der Waals surface area contributed by atoms with E-state index >= 15 is 0 Å². The molecule has 2 heterocycles. The van der Waals surface area contributed by atoms with Gasteiger partial charge in [-0.1, -0.05) is 0 Å². The summed E-state index contributed by atoms with van der Waals surface area (Å²) >= 11 is 0. The molecule has 0 aliphatic carbocycles. The Labute approximate surface area is 117 Å². The molecule has 2 rings (SSSR count). The van der Waals surface area contributed by atoms with Crippen LogP contribution in [0.15, 0.2) is 18.3 Å². The standard InChI is InChI=1S/C12H19N7O/c1-3-20-8-12-16-10(6-11(17-12)18-13)14-7-9-4-5-15-19(9)2/h4-6H,3,7-8,13H2,1-2H3,(H2,14,16,17,18).